The van der Waals surface area contributed by atoms with Gasteiger partial charge in [0.15, 0.2) is 0 Å². The maximum Gasteiger partial charge on any atom is 0.251 e. The van der Waals surface area contributed by atoms with Crippen molar-refractivity contribution in [2.75, 3.05) is 9.80 Å². The Balaban J connectivity index is 0.936. The zero-order chi connectivity index (χ0) is 36.0. The average Bonchev–Trinajstić information content (AvgIpc) is 3.60. The zero-order valence-electron chi connectivity index (χ0n) is 32.5. The highest BCUT2D eigenvalue weighted by Gasteiger charge is 2.58. The second-order valence-corrected chi connectivity index (χ2v) is 25.2. The van der Waals surface area contributed by atoms with Crippen LogP contribution in [-0.4, -0.2) is 14.8 Å². The van der Waals surface area contributed by atoms with E-state index in [0.29, 0.717) is 10.8 Å². The monoisotopic (exact) mass is 730 g/mol. The first kappa shape index (κ1) is 31.1. The molecule has 272 valence electrons. The molecule has 8 bridgehead atoms. The summed E-state index contributed by atoms with van der Waals surface area (Å²) in [5.74, 6) is 5.74. The van der Waals surface area contributed by atoms with Gasteiger partial charge in [-0.3, -0.25) is 0 Å². The second-order valence-electron chi connectivity index (χ2n) is 20.9. The molecule has 0 spiro atoms. The number of benzene rings is 5. The van der Waals surface area contributed by atoms with E-state index in [0.717, 1.165) is 35.5 Å². The molecule has 2 nitrogen and oxygen atoms in total. The number of anilines is 6. The van der Waals surface area contributed by atoms with Crippen molar-refractivity contribution in [2.45, 2.75) is 94.6 Å². The lowest BCUT2D eigenvalue weighted by atomic mass is 9.33. The highest BCUT2D eigenvalue weighted by atomic mass is 28.3. The van der Waals surface area contributed by atoms with Gasteiger partial charge in [0.05, 0.1) is 0 Å². The summed E-state index contributed by atoms with van der Waals surface area (Å²) in [7, 11) is -2.02. The van der Waals surface area contributed by atoms with Gasteiger partial charge in [-0.05, 0) is 193 Å². The Kier molecular flexibility index (Phi) is 5.82. The molecule has 0 aromatic heterocycles. The molecule has 0 radical (unpaired) electrons. The third kappa shape index (κ3) is 3.85. The van der Waals surface area contributed by atoms with Crippen molar-refractivity contribution >= 4 is 75.7 Å². The molecule has 3 aliphatic heterocycles. The molecular formula is C51H51BN2Si. The van der Waals surface area contributed by atoms with Gasteiger partial charge in [0.1, 0.15) is 8.07 Å². The Morgan fingerprint density at radius 1 is 0.473 bits per heavy atom. The van der Waals surface area contributed by atoms with Crippen LogP contribution >= 0.6 is 0 Å². The molecule has 3 heterocycles. The lowest BCUT2D eigenvalue weighted by Crippen LogP contribution is -2.79. The van der Waals surface area contributed by atoms with Crippen LogP contribution in [0.1, 0.15) is 81.8 Å². The molecule has 8 fully saturated rings. The minimum atomic E-state index is -2.02. The number of hydrogen-bond donors (Lipinski definition) is 0. The summed E-state index contributed by atoms with van der Waals surface area (Å²) in [6.45, 7) is 5.47. The van der Waals surface area contributed by atoms with Crippen LogP contribution < -0.4 is 36.6 Å². The predicted octanol–water partition coefficient (Wildman–Crippen LogP) is 9.45. The van der Waals surface area contributed by atoms with E-state index < -0.39 is 8.07 Å². The fourth-order valence-electron chi connectivity index (χ4n) is 16.5. The van der Waals surface area contributed by atoms with Gasteiger partial charge in [-0.1, -0.05) is 78.1 Å². The van der Waals surface area contributed by atoms with E-state index in [-0.39, 0.29) is 6.71 Å². The molecule has 0 amide bonds. The van der Waals surface area contributed by atoms with Crippen molar-refractivity contribution in [3.8, 4) is 0 Å². The smallest absolute Gasteiger partial charge is 0.251 e. The van der Waals surface area contributed by atoms with Gasteiger partial charge < -0.3 is 9.80 Å². The Bertz CT molecular complexity index is 2430. The molecular weight excluding hydrogens is 679 g/mol. The Morgan fingerprint density at radius 3 is 1.38 bits per heavy atom. The van der Waals surface area contributed by atoms with E-state index in [4.69, 9.17) is 0 Å². The molecule has 8 saturated carbocycles. The van der Waals surface area contributed by atoms with Crippen LogP contribution in [0.25, 0.3) is 0 Å². The van der Waals surface area contributed by atoms with Gasteiger partial charge in [0.2, 0.25) is 0 Å². The minimum Gasteiger partial charge on any atom is -0.311 e. The summed E-state index contributed by atoms with van der Waals surface area (Å²) in [6, 6.07) is 42.0. The fraction of sp³-hybridized carbons (Fsp3) is 0.412. The summed E-state index contributed by atoms with van der Waals surface area (Å²) in [4.78, 5) is 5.32. The second kappa shape index (κ2) is 10.3. The summed E-state index contributed by atoms with van der Waals surface area (Å²) < 4.78 is 0. The molecule has 0 N–H and O–H groups in total. The average molecular weight is 731 g/mol. The summed E-state index contributed by atoms with van der Waals surface area (Å²) in [5, 5.41) is 3.24. The molecule has 5 aromatic rings. The van der Waals surface area contributed by atoms with Crippen LogP contribution in [0.15, 0.2) is 103 Å². The van der Waals surface area contributed by atoms with E-state index >= 15 is 0 Å². The van der Waals surface area contributed by atoms with Crippen LogP contribution in [0.5, 0.6) is 0 Å². The van der Waals surface area contributed by atoms with Gasteiger partial charge in [-0.25, -0.2) is 0 Å². The highest BCUT2D eigenvalue weighted by molar-refractivity contribution is 7.16. The standard InChI is InChI=1S/C51H51BN2Si/c1-55(2)45-10-4-8-43-48(45)52-47-41(53(43)39-16-12-36(13-17-39)50-26-31-20-32(27-50)22-33(21-31)28-50)6-3-7-42(47)54(44-9-5-11-46(55)49(44)52)40-18-14-37(15-19-40)51-29-34-23-35(30-51)25-38(51)24-34/h3-19,31-35,38H,20-30H2,1-2H3. The normalized spacial score (nSPS) is 34.1. The first-order chi connectivity index (χ1) is 26.9. The maximum absolute atomic E-state index is 2.66. The Labute approximate surface area is 328 Å². The van der Waals surface area contributed by atoms with Gasteiger partial charge in [-0.15, -0.1) is 0 Å². The summed E-state index contributed by atoms with van der Waals surface area (Å²) in [6.07, 6.45) is 16.1. The van der Waals surface area contributed by atoms with Crippen LogP contribution in [-0.2, 0) is 10.8 Å². The van der Waals surface area contributed by atoms with E-state index in [1.165, 1.54) is 110 Å². The third-order valence-corrected chi connectivity index (χ3v) is 21.4. The van der Waals surface area contributed by atoms with Crippen molar-refractivity contribution in [2.24, 2.45) is 35.5 Å². The lowest BCUT2D eigenvalue weighted by Gasteiger charge is -2.57. The van der Waals surface area contributed by atoms with Crippen LogP contribution in [0.4, 0.5) is 34.1 Å². The molecule has 16 rings (SSSR count). The molecule has 2 atom stereocenters. The number of nitrogens with zero attached hydrogens (tertiary/aromatic N) is 2. The molecule has 4 heteroatoms. The molecule has 2 unspecified atom stereocenters. The minimum absolute atomic E-state index is 0.255. The van der Waals surface area contributed by atoms with Gasteiger partial charge in [0.25, 0.3) is 6.71 Å². The van der Waals surface area contributed by atoms with Gasteiger partial charge >= 0.3 is 0 Å². The maximum atomic E-state index is 2.66. The van der Waals surface area contributed by atoms with Crippen molar-refractivity contribution in [1.82, 2.24) is 0 Å². The van der Waals surface area contributed by atoms with E-state index in [9.17, 15) is 0 Å². The predicted molar refractivity (Wildman–Crippen MR) is 232 cm³/mol. The first-order valence-electron chi connectivity index (χ1n) is 22.1. The van der Waals surface area contributed by atoms with Crippen LogP contribution in [0.2, 0.25) is 13.1 Å². The fourth-order valence-corrected chi connectivity index (χ4v) is 19.7. The largest absolute Gasteiger partial charge is 0.311 e. The molecule has 55 heavy (non-hydrogen) atoms. The first-order valence-corrected chi connectivity index (χ1v) is 25.1. The highest BCUT2D eigenvalue weighted by Crippen LogP contribution is 2.66. The quantitative estimate of drug-likeness (QED) is 0.167. The topological polar surface area (TPSA) is 6.48 Å². The van der Waals surface area contributed by atoms with Crippen molar-refractivity contribution in [1.29, 1.82) is 0 Å². The molecule has 8 aliphatic carbocycles. The molecule has 11 aliphatic rings. The van der Waals surface area contributed by atoms with E-state index in [1.54, 1.807) is 32.4 Å². The van der Waals surface area contributed by atoms with E-state index in [1.807, 2.05) is 0 Å². The van der Waals surface area contributed by atoms with Gasteiger partial charge in [0, 0.05) is 34.1 Å². The molecule has 5 aromatic carbocycles. The van der Waals surface area contributed by atoms with Crippen LogP contribution in [0.3, 0.4) is 0 Å². The summed E-state index contributed by atoms with van der Waals surface area (Å²) in [5.41, 5.74) is 16.9. The van der Waals surface area contributed by atoms with Gasteiger partial charge in [-0.2, -0.15) is 0 Å². The van der Waals surface area contributed by atoms with E-state index in [2.05, 4.69) is 126 Å². The third-order valence-electron chi connectivity index (χ3n) is 17.9. The zero-order valence-corrected chi connectivity index (χ0v) is 33.5. The Morgan fingerprint density at radius 2 is 0.891 bits per heavy atom. The summed E-state index contributed by atoms with van der Waals surface area (Å²) >= 11 is 0. The Hall–Kier alpha value is -4.02. The van der Waals surface area contributed by atoms with Crippen molar-refractivity contribution < 1.29 is 0 Å². The van der Waals surface area contributed by atoms with Crippen molar-refractivity contribution in [3.05, 3.63) is 114 Å². The van der Waals surface area contributed by atoms with Crippen molar-refractivity contribution in [3.63, 3.8) is 0 Å². The SMILES string of the molecule is C[Si]1(C)c2cccc3c2B2c4c(cccc4N(c4ccc(C56CC7CC(CC5C7)C6)cc4)c4cccc1c42)N3c1ccc(C23CC4CC(CC(C4)C2)C3)cc1. The lowest BCUT2D eigenvalue weighted by molar-refractivity contribution is -0.00518. The number of hydrogen-bond acceptors (Lipinski definition) is 2. The number of rotatable bonds is 4. The molecule has 0 saturated heterocycles. The van der Waals surface area contributed by atoms with Crippen LogP contribution in [0, 0.1) is 35.5 Å².